The molecule has 206 valence electrons. The number of piperidine rings is 1. The molecule has 11 heteroatoms. The van der Waals surface area contributed by atoms with Gasteiger partial charge in [-0.05, 0) is 24.7 Å². The van der Waals surface area contributed by atoms with Gasteiger partial charge in [0.05, 0.1) is 18.2 Å². The SMILES string of the molecule is CCC12CC(F)C=[N+]3CCC1NC(N)C(C(=O)NC1CNCC(F)C1N1CCN4C(=O)CCC4C1)C3C2. The molecule has 5 fully saturated rings. The van der Waals surface area contributed by atoms with Gasteiger partial charge in [0.15, 0.2) is 18.4 Å². The Hall–Kier alpha value is -1.69. The van der Waals surface area contributed by atoms with E-state index in [0.29, 0.717) is 45.6 Å². The van der Waals surface area contributed by atoms with E-state index in [-0.39, 0.29) is 41.9 Å². The largest absolute Gasteiger partial charge is 0.350 e. The molecule has 0 saturated carbocycles. The molecule has 10 atom stereocenters. The Morgan fingerprint density at radius 1 is 1.27 bits per heavy atom. The fourth-order valence-electron chi connectivity index (χ4n) is 8.46. The van der Waals surface area contributed by atoms with Crippen LogP contribution in [0, 0.1) is 11.3 Å². The summed E-state index contributed by atoms with van der Waals surface area (Å²) in [6, 6.07) is -0.878. The lowest BCUT2D eigenvalue weighted by molar-refractivity contribution is -0.570. The van der Waals surface area contributed by atoms with Gasteiger partial charge in [-0.3, -0.25) is 19.8 Å². The van der Waals surface area contributed by atoms with Gasteiger partial charge in [0.25, 0.3) is 0 Å². The number of rotatable bonds is 4. The number of piperazine rings is 1. The number of carbonyl (C=O) groups excluding carboxylic acids is 2. The standard InChI is InChI=1S/C26H41F2N7O2/c1-2-26-9-15(27)13-33-6-5-20(26)32-24(29)22(19(33)10-26)25(37)31-18-12-30-11-17(28)23(18)34-7-8-35-16(14-34)3-4-21(35)36/h13,15-20,22-24,30,32H,2-12,14,29H2,1H3/p+1. The fraction of sp³-hybridized carbons (Fsp3) is 0.885. The molecule has 0 aliphatic carbocycles. The van der Waals surface area contributed by atoms with Gasteiger partial charge in [-0.1, -0.05) is 6.92 Å². The van der Waals surface area contributed by atoms with Crippen molar-refractivity contribution < 1.29 is 22.9 Å². The highest BCUT2D eigenvalue weighted by Crippen LogP contribution is 2.46. The first kappa shape index (κ1) is 25.6. The molecule has 0 aromatic carbocycles. The molecule has 0 aromatic rings. The van der Waals surface area contributed by atoms with Crippen LogP contribution < -0.4 is 21.7 Å². The van der Waals surface area contributed by atoms with Gasteiger partial charge in [0.2, 0.25) is 11.8 Å². The van der Waals surface area contributed by atoms with Gasteiger partial charge in [-0.25, -0.2) is 13.4 Å². The number of hydrogen-bond acceptors (Lipinski definition) is 6. The van der Waals surface area contributed by atoms with Crippen molar-refractivity contribution in [3.8, 4) is 0 Å². The second-order valence-electron chi connectivity index (χ2n) is 12.2. The highest BCUT2D eigenvalue weighted by molar-refractivity contribution is 5.81. The minimum Gasteiger partial charge on any atom is -0.350 e. The van der Waals surface area contributed by atoms with Gasteiger partial charge in [-0.2, -0.15) is 0 Å². The molecule has 0 spiro atoms. The minimum atomic E-state index is -1.13. The summed E-state index contributed by atoms with van der Waals surface area (Å²) in [7, 11) is 0. The molecule has 6 aliphatic heterocycles. The lowest BCUT2D eigenvalue weighted by Crippen LogP contribution is -2.69. The second kappa shape index (κ2) is 9.81. The van der Waals surface area contributed by atoms with E-state index in [1.54, 1.807) is 6.21 Å². The van der Waals surface area contributed by atoms with E-state index in [9.17, 15) is 14.0 Å². The minimum absolute atomic E-state index is 0.0643. The molecule has 6 heterocycles. The number of carbonyl (C=O) groups is 2. The normalized spacial score (nSPS) is 46.2. The third-order valence-corrected chi connectivity index (χ3v) is 10.4. The van der Waals surface area contributed by atoms with Crippen LogP contribution in [0.1, 0.15) is 45.4 Å². The zero-order valence-electron chi connectivity index (χ0n) is 21.8. The van der Waals surface area contributed by atoms with Crippen molar-refractivity contribution in [1.29, 1.82) is 0 Å². The van der Waals surface area contributed by atoms with Crippen LogP contribution in [0.5, 0.6) is 0 Å². The maximum atomic E-state index is 15.4. The smallest absolute Gasteiger partial charge is 0.233 e. The number of nitrogens with two attached hydrogens (primary N) is 1. The molecule has 10 unspecified atom stereocenters. The Balaban J connectivity index is 1.23. The van der Waals surface area contributed by atoms with Crippen LogP contribution in [0.2, 0.25) is 0 Å². The predicted molar refractivity (Wildman–Crippen MR) is 135 cm³/mol. The first-order valence-electron chi connectivity index (χ1n) is 14.2. The lowest BCUT2D eigenvalue weighted by Gasteiger charge is -2.47. The van der Waals surface area contributed by atoms with Crippen molar-refractivity contribution in [2.75, 3.05) is 39.3 Å². The highest BCUT2D eigenvalue weighted by atomic mass is 19.1. The predicted octanol–water partition coefficient (Wildman–Crippen LogP) is -0.656. The molecule has 2 amide bonds. The number of fused-ring (bicyclic) bond motifs is 1. The van der Waals surface area contributed by atoms with Crippen LogP contribution in [0.4, 0.5) is 8.78 Å². The van der Waals surface area contributed by atoms with Gasteiger partial charge >= 0.3 is 0 Å². The van der Waals surface area contributed by atoms with E-state index >= 15 is 4.39 Å². The van der Waals surface area contributed by atoms with E-state index in [4.69, 9.17) is 5.73 Å². The van der Waals surface area contributed by atoms with Crippen LogP contribution in [0.15, 0.2) is 0 Å². The summed E-state index contributed by atoms with van der Waals surface area (Å²) in [6.07, 6.45) is 3.21. The summed E-state index contributed by atoms with van der Waals surface area (Å²) < 4.78 is 32.5. The van der Waals surface area contributed by atoms with Crippen molar-refractivity contribution >= 4 is 18.0 Å². The van der Waals surface area contributed by atoms with E-state index in [1.165, 1.54) is 0 Å². The summed E-state index contributed by atoms with van der Waals surface area (Å²) in [5, 5.41) is 9.88. The van der Waals surface area contributed by atoms with Crippen molar-refractivity contribution in [2.24, 2.45) is 17.1 Å². The van der Waals surface area contributed by atoms with Crippen LogP contribution in [0.25, 0.3) is 0 Å². The van der Waals surface area contributed by atoms with Crippen molar-refractivity contribution in [2.45, 2.75) is 94.2 Å². The summed E-state index contributed by atoms with van der Waals surface area (Å²) in [5.74, 6) is -0.564. The molecule has 4 bridgehead atoms. The Bertz CT molecular complexity index is 952. The van der Waals surface area contributed by atoms with Gasteiger partial charge in [0.1, 0.15) is 18.6 Å². The average Bonchev–Trinajstić information content (AvgIpc) is 3.00. The van der Waals surface area contributed by atoms with E-state index in [2.05, 4.69) is 27.8 Å². The molecule has 5 saturated heterocycles. The molecule has 6 aliphatic rings. The van der Waals surface area contributed by atoms with Gasteiger partial charge < -0.3 is 21.3 Å². The van der Waals surface area contributed by atoms with E-state index in [1.807, 2.05) is 9.48 Å². The molecule has 6 rings (SSSR count). The van der Waals surface area contributed by atoms with Crippen LogP contribution in [-0.2, 0) is 9.59 Å². The maximum Gasteiger partial charge on any atom is 0.233 e. The number of halogens is 2. The number of amides is 2. The third kappa shape index (κ3) is 4.39. The number of nitrogens with one attached hydrogen (secondary N) is 3. The Kier molecular flexibility index (Phi) is 6.78. The van der Waals surface area contributed by atoms with Crippen LogP contribution in [-0.4, -0.2) is 120 Å². The quantitative estimate of drug-likeness (QED) is 0.366. The molecule has 37 heavy (non-hydrogen) atoms. The van der Waals surface area contributed by atoms with Crippen LogP contribution in [0.3, 0.4) is 0 Å². The average molecular weight is 523 g/mol. The number of nitrogens with zero attached hydrogens (tertiary/aromatic N) is 3. The Morgan fingerprint density at radius 3 is 2.92 bits per heavy atom. The monoisotopic (exact) mass is 522 g/mol. The number of hydrogen-bond donors (Lipinski definition) is 4. The zero-order chi connectivity index (χ0) is 25.9. The second-order valence-corrected chi connectivity index (χ2v) is 12.2. The molecular weight excluding hydrogens is 480 g/mol. The van der Waals surface area contributed by atoms with E-state index < -0.39 is 36.5 Å². The van der Waals surface area contributed by atoms with Crippen LogP contribution >= 0.6 is 0 Å². The highest BCUT2D eigenvalue weighted by Gasteiger charge is 2.57. The Morgan fingerprint density at radius 2 is 2.11 bits per heavy atom. The molecule has 0 radical (unpaired) electrons. The third-order valence-electron chi connectivity index (χ3n) is 10.4. The zero-order valence-corrected chi connectivity index (χ0v) is 21.8. The summed E-state index contributed by atoms with van der Waals surface area (Å²) in [5.41, 5.74) is 6.42. The van der Waals surface area contributed by atoms with E-state index in [0.717, 1.165) is 25.7 Å². The number of alkyl halides is 2. The Labute approximate surface area is 217 Å². The van der Waals surface area contributed by atoms with Crippen molar-refractivity contribution in [3.63, 3.8) is 0 Å². The van der Waals surface area contributed by atoms with Crippen molar-refractivity contribution in [3.05, 3.63) is 0 Å². The summed E-state index contributed by atoms with van der Waals surface area (Å²) in [4.78, 5) is 30.2. The molecule has 5 N–H and O–H groups in total. The summed E-state index contributed by atoms with van der Waals surface area (Å²) >= 11 is 0. The molecular formula is C26H42F2N7O2+. The lowest BCUT2D eigenvalue weighted by atomic mass is 9.69. The van der Waals surface area contributed by atoms with Gasteiger partial charge in [0, 0.05) is 64.1 Å². The topological polar surface area (TPSA) is 106 Å². The van der Waals surface area contributed by atoms with Gasteiger partial charge in [-0.15, -0.1) is 0 Å². The molecule has 9 nitrogen and oxygen atoms in total. The molecule has 0 aromatic heterocycles. The first-order valence-corrected chi connectivity index (χ1v) is 14.2. The maximum absolute atomic E-state index is 15.4. The fourth-order valence-corrected chi connectivity index (χ4v) is 8.46. The van der Waals surface area contributed by atoms with Crippen molar-refractivity contribution in [1.82, 2.24) is 25.8 Å². The summed E-state index contributed by atoms with van der Waals surface area (Å²) in [6.45, 7) is 5.38. The first-order chi connectivity index (χ1) is 17.8.